The smallest absolute Gasteiger partial charge is 0.253 e. The molecule has 1 aliphatic heterocycles. The second-order valence-corrected chi connectivity index (χ2v) is 6.70. The van der Waals surface area contributed by atoms with Crippen LogP contribution in [0.3, 0.4) is 0 Å². The van der Waals surface area contributed by atoms with E-state index in [4.69, 9.17) is 0 Å². The molecular formula is C19H24N2O2. The Hall–Kier alpha value is -1.97. The summed E-state index contributed by atoms with van der Waals surface area (Å²) in [4.78, 5) is 28.5. The number of carbonyl (C=O) groups is 2. The summed E-state index contributed by atoms with van der Waals surface area (Å²) < 4.78 is 0. The number of nitrogens with zero attached hydrogens (tertiary/aromatic N) is 1. The molecule has 122 valence electrons. The maximum atomic E-state index is 12.1. The molecule has 23 heavy (non-hydrogen) atoms. The zero-order valence-corrected chi connectivity index (χ0v) is 13.7. The lowest BCUT2D eigenvalue weighted by atomic mass is 9.88. The lowest BCUT2D eigenvalue weighted by Gasteiger charge is -2.21. The Bertz CT molecular complexity index is 717. The van der Waals surface area contributed by atoms with Gasteiger partial charge in [-0.05, 0) is 43.0 Å². The van der Waals surface area contributed by atoms with Gasteiger partial charge in [0, 0.05) is 12.5 Å². The summed E-state index contributed by atoms with van der Waals surface area (Å²) in [6, 6.07) is 5.97. The average Bonchev–Trinajstić information content (AvgIpc) is 2.56. The molecule has 0 aromatic heterocycles. The maximum absolute atomic E-state index is 12.1. The van der Waals surface area contributed by atoms with E-state index in [1.807, 2.05) is 31.2 Å². The molecule has 0 saturated heterocycles. The molecule has 0 spiro atoms. The van der Waals surface area contributed by atoms with E-state index < -0.39 is 0 Å². The van der Waals surface area contributed by atoms with E-state index in [2.05, 4.69) is 10.3 Å². The fourth-order valence-electron chi connectivity index (χ4n) is 3.45. The van der Waals surface area contributed by atoms with E-state index in [0.29, 0.717) is 13.0 Å². The molecule has 1 unspecified atom stereocenters. The van der Waals surface area contributed by atoms with E-state index in [1.54, 1.807) is 0 Å². The first-order valence-corrected chi connectivity index (χ1v) is 8.62. The second-order valence-electron chi connectivity index (χ2n) is 6.70. The van der Waals surface area contributed by atoms with Gasteiger partial charge in [-0.1, -0.05) is 37.5 Å². The summed E-state index contributed by atoms with van der Waals surface area (Å²) in [5.41, 5.74) is 1.10. The van der Waals surface area contributed by atoms with E-state index >= 15 is 0 Å². The normalized spacial score (nSPS) is 21.1. The predicted molar refractivity (Wildman–Crippen MR) is 89.1 cm³/mol. The first kappa shape index (κ1) is 15.9. The van der Waals surface area contributed by atoms with Crippen molar-refractivity contribution >= 4 is 17.9 Å². The van der Waals surface area contributed by atoms with Gasteiger partial charge in [0.2, 0.25) is 5.91 Å². The molecule has 1 heterocycles. The Morgan fingerprint density at radius 3 is 2.83 bits per heavy atom. The Morgan fingerprint density at radius 2 is 2.04 bits per heavy atom. The van der Waals surface area contributed by atoms with Gasteiger partial charge in [0.1, 0.15) is 0 Å². The van der Waals surface area contributed by atoms with Gasteiger partial charge in [-0.2, -0.15) is 0 Å². The standard InChI is InChI=1S/C19H24N2O2/c1-13-7-8-15-12-16(19(23)21-17(15)11-13)9-10-20-18(22)14-5-3-2-4-6-14/h7-8,11-12,14,16H,2-6,9-10H2,1H3,(H,20,22). The number of hydrogen-bond donors (Lipinski definition) is 1. The van der Waals surface area contributed by atoms with E-state index in [-0.39, 0.29) is 23.7 Å². The fourth-order valence-corrected chi connectivity index (χ4v) is 3.45. The van der Waals surface area contributed by atoms with Crippen LogP contribution in [0.4, 0.5) is 0 Å². The highest BCUT2D eigenvalue weighted by molar-refractivity contribution is 5.86. The van der Waals surface area contributed by atoms with Crippen LogP contribution in [0.5, 0.6) is 0 Å². The topological polar surface area (TPSA) is 58.5 Å². The molecule has 1 N–H and O–H groups in total. The Morgan fingerprint density at radius 1 is 1.26 bits per heavy atom. The quantitative estimate of drug-likeness (QED) is 0.919. The van der Waals surface area contributed by atoms with Crippen LogP contribution in [0.2, 0.25) is 0 Å². The number of hydrogen-bond acceptors (Lipinski definition) is 2. The highest BCUT2D eigenvalue weighted by atomic mass is 16.2. The Labute approximate surface area is 136 Å². The van der Waals surface area contributed by atoms with Crippen molar-refractivity contribution in [1.82, 2.24) is 5.32 Å². The van der Waals surface area contributed by atoms with Crippen molar-refractivity contribution in [3.8, 4) is 0 Å². The van der Waals surface area contributed by atoms with Crippen LogP contribution in [0, 0.1) is 18.8 Å². The lowest BCUT2D eigenvalue weighted by molar-refractivity contribution is -0.126. The minimum absolute atomic E-state index is 0.102. The summed E-state index contributed by atoms with van der Waals surface area (Å²) in [6.07, 6.45) is 8.16. The number of nitrogens with one attached hydrogen (secondary N) is 1. The zero-order chi connectivity index (χ0) is 16.2. The minimum atomic E-state index is -0.225. The summed E-state index contributed by atoms with van der Waals surface area (Å²) in [6.45, 7) is 2.53. The van der Waals surface area contributed by atoms with Crippen molar-refractivity contribution in [3.05, 3.63) is 34.3 Å². The molecule has 2 aliphatic rings. The third kappa shape index (κ3) is 3.87. The molecule has 2 amide bonds. The van der Waals surface area contributed by atoms with Crippen LogP contribution in [0.15, 0.2) is 23.2 Å². The number of fused-ring (bicyclic) bond motifs is 1. The van der Waals surface area contributed by atoms with Crippen molar-refractivity contribution in [3.63, 3.8) is 0 Å². The molecule has 0 bridgehead atoms. The fraction of sp³-hybridized carbons (Fsp3) is 0.526. The molecule has 0 radical (unpaired) electrons. The number of benzene rings is 1. The van der Waals surface area contributed by atoms with Gasteiger partial charge < -0.3 is 5.32 Å². The van der Waals surface area contributed by atoms with E-state index in [1.165, 1.54) is 6.42 Å². The summed E-state index contributed by atoms with van der Waals surface area (Å²) in [5.74, 6) is -0.00373. The second kappa shape index (κ2) is 7.07. The van der Waals surface area contributed by atoms with Crippen molar-refractivity contribution in [2.45, 2.75) is 45.4 Å². The van der Waals surface area contributed by atoms with E-state index in [0.717, 1.165) is 41.8 Å². The molecule has 4 nitrogen and oxygen atoms in total. The molecule has 4 heteroatoms. The number of carbonyl (C=O) groups excluding carboxylic acids is 2. The Kier molecular flexibility index (Phi) is 4.89. The van der Waals surface area contributed by atoms with Crippen molar-refractivity contribution < 1.29 is 9.59 Å². The van der Waals surface area contributed by atoms with Crippen LogP contribution in [0.1, 0.15) is 44.1 Å². The van der Waals surface area contributed by atoms with Gasteiger partial charge in [0.05, 0.1) is 11.3 Å². The largest absolute Gasteiger partial charge is 0.356 e. The molecule has 1 aromatic rings. The number of aryl methyl sites for hydroxylation is 1. The first-order valence-electron chi connectivity index (χ1n) is 8.62. The van der Waals surface area contributed by atoms with Crippen LogP contribution in [-0.4, -0.2) is 18.4 Å². The third-order valence-electron chi connectivity index (χ3n) is 4.85. The van der Waals surface area contributed by atoms with Crippen molar-refractivity contribution in [2.75, 3.05) is 6.54 Å². The maximum Gasteiger partial charge on any atom is 0.253 e. The van der Waals surface area contributed by atoms with Crippen molar-refractivity contribution in [2.24, 2.45) is 16.8 Å². The van der Waals surface area contributed by atoms with Crippen molar-refractivity contribution in [1.29, 1.82) is 0 Å². The molecule has 1 atom stereocenters. The van der Waals surface area contributed by atoms with Gasteiger partial charge in [-0.3, -0.25) is 9.59 Å². The van der Waals surface area contributed by atoms with Crippen LogP contribution < -0.4 is 15.9 Å². The molecule has 1 aromatic carbocycles. The monoisotopic (exact) mass is 312 g/mol. The highest BCUT2D eigenvalue weighted by Crippen LogP contribution is 2.23. The van der Waals surface area contributed by atoms with Gasteiger partial charge in [0.25, 0.3) is 5.91 Å². The summed E-state index contributed by atoms with van der Waals surface area (Å²) in [5, 5.41) is 4.77. The third-order valence-corrected chi connectivity index (χ3v) is 4.85. The summed E-state index contributed by atoms with van der Waals surface area (Å²) in [7, 11) is 0. The molecular weight excluding hydrogens is 288 g/mol. The first-order chi connectivity index (χ1) is 11.1. The van der Waals surface area contributed by atoms with Gasteiger partial charge in [0.15, 0.2) is 0 Å². The van der Waals surface area contributed by atoms with Crippen LogP contribution in [0.25, 0.3) is 6.08 Å². The summed E-state index contributed by atoms with van der Waals surface area (Å²) >= 11 is 0. The van der Waals surface area contributed by atoms with Crippen LogP contribution >= 0.6 is 0 Å². The number of rotatable bonds is 4. The SMILES string of the molecule is Cc1ccc2c(c1)=NC(=O)C(CCNC(=O)C1CCCCC1)C=2. The predicted octanol–water partition coefficient (Wildman–Crippen LogP) is 1.64. The lowest BCUT2D eigenvalue weighted by Crippen LogP contribution is -2.37. The molecule has 1 saturated carbocycles. The molecule has 1 fully saturated rings. The van der Waals surface area contributed by atoms with Gasteiger partial charge in [-0.25, -0.2) is 4.99 Å². The highest BCUT2D eigenvalue weighted by Gasteiger charge is 2.22. The molecule has 3 rings (SSSR count). The van der Waals surface area contributed by atoms with Gasteiger partial charge >= 0.3 is 0 Å². The zero-order valence-electron chi connectivity index (χ0n) is 13.7. The van der Waals surface area contributed by atoms with E-state index in [9.17, 15) is 9.59 Å². The average molecular weight is 312 g/mol. The molecule has 1 aliphatic carbocycles. The number of amides is 2. The minimum Gasteiger partial charge on any atom is -0.356 e. The van der Waals surface area contributed by atoms with Crippen LogP contribution in [-0.2, 0) is 9.59 Å². The van der Waals surface area contributed by atoms with Gasteiger partial charge in [-0.15, -0.1) is 0 Å². The Balaban J connectivity index is 1.57.